The molecule has 1 aromatic heterocycles. The number of aromatic nitrogens is 4. The fraction of sp³-hybridized carbons (Fsp3) is 0.222. The average molecular weight is 253 g/mol. The highest BCUT2D eigenvalue weighted by Gasteiger charge is 2.08. The van der Waals surface area contributed by atoms with Gasteiger partial charge in [-0.2, -0.15) is 9.58 Å². The van der Waals surface area contributed by atoms with E-state index < -0.39 is 9.73 Å². The molecule has 0 aliphatic rings. The fourth-order valence-electron chi connectivity index (χ4n) is 1.23. The first-order chi connectivity index (χ1) is 8.12. The second-order valence-corrected chi connectivity index (χ2v) is 5.54. The van der Waals surface area contributed by atoms with Gasteiger partial charge in [0.2, 0.25) is 0 Å². The SMILES string of the molecule is COc1ccc(S(C)(=O)=Nc2nn[nH]n2)cc1. The summed E-state index contributed by atoms with van der Waals surface area (Å²) in [4.78, 5) is 0.586. The van der Waals surface area contributed by atoms with Crippen LogP contribution in [-0.4, -0.2) is 38.2 Å². The van der Waals surface area contributed by atoms with Crippen molar-refractivity contribution in [3.63, 3.8) is 0 Å². The molecular formula is C9H11N5O2S. The minimum absolute atomic E-state index is 0.0771. The van der Waals surface area contributed by atoms with Crippen LogP contribution in [0.15, 0.2) is 33.5 Å². The van der Waals surface area contributed by atoms with Crippen molar-refractivity contribution < 1.29 is 8.95 Å². The van der Waals surface area contributed by atoms with Gasteiger partial charge in [-0.25, -0.2) is 4.21 Å². The van der Waals surface area contributed by atoms with E-state index in [1.165, 1.54) is 6.26 Å². The highest BCUT2D eigenvalue weighted by atomic mass is 32.2. The summed E-state index contributed by atoms with van der Waals surface area (Å²) in [5.41, 5.74) is 0. The number of nitrogens with one attached hydrogen (secondary N) is 1. The standard InChI is InChI=1S/C9H11N5O2S/c1-16-7-3-5-8(6-4-7)17(2,15)12-9-10-13-14-11-9/h3-6H,1-2H3,(H,10,11,13,14). The van der Waals surface area contributed by atoms with Gasteiger partial charge in [0.05, 0.1) is 16.8 Å². The van der Waals surface area contributed by atoms with E-state index in [1.807, 2.05) is 0 Å². The van der Waals surface area contributed by atoms with Gasteiger partial charge in [-0.1, -0.05) is 5.10 Å². The summed E-state index contributed by atoms with van der Waals surface area (Å²) >= 11 is 0. The van der Waals surface area contributed by atoms with Crippen molar-refractivity contribution >= 4 is 15.7 Å². The van der Waals surface area contributed by atoms with Gasteiger partial charge in [0.1, 0.15) is 5.75 Å². The van der Waals surface area contributed by atoms with Crippen molar-refractivity contribution in [2.45, 2.75) is 4.90 Å². The Balaban J connectivity index is 2.41. The van der Waals surface area contributed by atoms with E-state index in [-0.39, 0.29) is 5.95 Å². The van der Waals surface area contributed by atoms with Crippen LogP contribution in [-0.2, 0) is 9.73 Å². The zero-order chi connectivity index (χ0) is 12.3. The molecule has 0 radical (unpaired) electrons. The summed E-state index contributed by atoms with van der Waals surface area (Å²) in [5.74, 6) is 0.775. The lowest BCUT2D eigenvalue weighted by molar-refractivity contribution is 0.414. The summed E-state index contributed by atoms with van der Waals surface area (Å²) in [6, 6.07) is 6.85. The largest absolute Gasteiger partial charge is 0.497 e. The number of tetrazole rings is 1. The van der Waals surface area contributed by atoms with Gasteiger partial charge in [0.15, 0.2) is 0 Å². The smallest absolute Gasteiger partial charge is 0.297 e. The topological polar surface area (TPSA) is 93.1 Å². The molecule has 0 saturated heterocycles. The monoisotopic (exact) mass is 253 g/mol. The maximum Gasteiger partial charge on any atom is 0.297 e. The minimum Gasteiger partial charge on any atom is -0.497 e. The van der Waals surface area contributed by atoms with Gasteiger partial charge in [0.25, 0.3) is 5.95 Å². The molecule has 1 heterocycles. The van der Waals surface area contributed by atoms with Gasteiger partial charge >= 0.3 is 0 Å². The third-order valence-electron chi connectivity index (χ3n) is 2.09. The third kappa shape index (κ3) is 2.59. The molecule has 7 nitrogen and oxygen atoms in total. The quantitative estimate of drug-likeness (QED) is 0.880. The first kappa shape index (κ1) is 11.5. The molecule has 2 rings (SSSR count). The van der Waals surface area contributed by atoms with E-state index in [0.29, 0.717) is 10.6 Å². The molecule has 8 heteroatoms. The third-order valence-corrected chi connectivity index (χ3v) is 3.75. The molecule has 0 saturated carbocycles. The molecule has 0 aliphatic carbocycles. The molecule has 0 aliphatic heterocycles. The van der Waals surface area contributed by atoms with Crippen LogP contribution in [0.4, 0.5) is 5.95 Å². The highest BCUT2D eigenvalue weighted by Crippen LogP contribution is 2.18. The first-order valence-corrected chi connectivity index (χ1v) is 6.64. The Labute approximate surface area is 98.4 Å². The molecule has 1 N–H and O–H groups in total. The molecule has 90 valence electrons. The molecule has 0 bridgehead atoms. The first-order valence-electron chi connectivity index (χ1n) is 4.71. The number of benzene rings is 1. The van der Waals surface area contributed by atoms with E-state index >= 15 is 0 Å². The maximum absolute atomic E-state index is 12.3. The molecule has 1 unspecified atom stereocenters. The van der Waals surface area contributed by atoms with Crippen molar-refractivity contribution in [1.82, 2.24) is 20.6 Å². The molecular weight excluding hydrogens is 242 g/mol. The number of hydrogen-bond donors (Lipinski definition) is 1. The molecule has 0 amide bonds. The summed E-state index contributed by atoms with van der Waals surface area (Å²) in [5, 5.41) is 12.9. The van der Waals surface area contributed by atoms with E-state index in [1.54, 1.807) is 31.4 Å². The van der Waals surface area contributed by atoms with E-state index in [0.717, 1.165) is 0 Å². The summed E-state index contributed by atoms with van der Waals surface area (Å²) in [6.07, 6.45) is 1.52. The maximum atomic E-state index is 12.3. The van der Waals surface area contributed by atoms with Crippen molar-refractivity contribution in [3.05, 3.63) is 24.3 Å². The number of nitrogens with zero attached hydrogens (tertiary/aromatic N) is 4. The van der Waals surface area contributed by atoms with E-state index in [2.05, 4.69) is 25.0 Å². The lowest BCUT2D eigenvalue weighted by Crippen LogP contribution is -1.97. The summed E-state index contributed by atoms with van der Waals surface area (Å²) in [6.45, 7) is 0. The number of rotatable bonds is 3. The van der Waals surface area contributed by atoms with Crippen LogP contribution in [0.5, 0.6) is 5.75 Å². The Morgan fingerprint density at radius 1 is 1.35 bits per heavy atom. The van der Waals surface area contributed by atoms with E-state index in [4.69, 9.17) is 4.74 Å². The minimum atomic E-state index is -2.57. The van der Waals surface area contributed by atoms with E-state index in [9.17, 15) is 4.21 Å². The molecule has 2 aromatic rings. The highest BCUT2D eigenvalue weighted by molar-refractivity contribution is 7.93. The lowest BCUT2D eigenvalue weighted by Gasteiger charge is -2.04. The van der Waals surface area contributed by atoms with Crippen LogP contribution < -0.4 is 4.74 Å². The lowest BCUT2D eigenvalue weighted by atomic mass is 10.3. The Morgan fingerprint density at radius 3 is 2.59 bits per heavy atom. The van der Waals surface area contributed by atoms with Crippen LogP contribution in [0, 0.1) is 0 Å². The molecule has 0 fully saturated rings. The fourth-order valence-corrected chi connectivity index (χ4v) is 2.37. The molecule has 1 atom stereocenters. The Kier molecular flexibility index (Phi) is 3.05. The van der Waals surface area contributed by atoms with Crippen LogP contribution in [0.2, 0.25) is 0 Å². The Bertz CT molecular complexity index is 599. The number of H-pyrrole nitrogens is 1. The van der Waals surface area contributed by atoms with Crippen molar-refractivity contribution in [1.29, 1.82) is 0 Å². The van der Waals surface area contributed by atoms with Crippen LogP contribution in [0.1, 0.15) is 0 Å². The summed E-state index contributed by atoms with van der Waals surface area (Å²) < 4.78 is 21.3. The summed E-state index contributed by atoms with van der Waals surface area (Å²) in [7, 11) is -1.00. The molecule has 0 spiro atoms. The van der Waals surface area contributed by atoms with Crippen molar-refractivity contribution in [2.75, 3.05) is 13.4 Å². The van der Waals surface area contributed by atoms with Crippen LogP contribution in [0.3, 0.4) is 0 Å². The van der Waals surface area contributed by atoms with Gasteiger partial charge in [-0.3, -0.25) is 0 Å². The van der Waals surface area contributed by atoms with Crippen molar-refractivity contribution in [2.24, 2.45) is 4.36 Å². The number of ether oxygens (including phenoxy) is 1. The van der Waals surface area contributed by atoms with Gasteiger partial charge in [0, 0.05) is 11.2 Å². The molecule has 17 heavy (non-hydrogen) atoms. The predicted octanol–water partition coefficient (Wildman–Crippen LogP) is 0.997. The Hall–Kier alpha value is -1.96. The number of aromatic amines is 1. The van der Waals surface area contributed by atoms with Crippen LogP contribution in [0.25, 0.3) is 0 Å². The predicted molar refractivity (Wildman–Crippen MR) is 61.6 cm³/mol. The second-order valence-electron chi connectivity index (χ2n) is 3.28. The number of hydrogen-bond acceptors (Lipinski definition) is 6. The average Bonchev–Trinajstić information content (AvgIpc) is 2.81. The normalized spacial score (nSPS) is 14.0. The van der Waals surface area contributed by atoms with Gasteiger partial charge < -0.3 is 4.74 Å². The number of methoxy groups -OCH3 is 1. The van der Waals surface area contributed by atoms with Gasteiger partial charge in [-0.15, -0.1) is 5.10 Å². The van der Waals surface area contributed by atoms with Crippen LogP contribution >= 0.6 is 0 Å². The van der Waals surface area contributed by atoms with Gasteiger partial charge in [-0.05, 0) is 29.5 Å². The zero-order valence-electron chi connectivity index (χ0n) is 9.32. The zero-order valence-corrected chi connectivity index (χ0v) is 10.1. The van der Waals surface area contributed by atoms with Crippen molar-refractivity contribution in [3.8, 4) is 5.75 Å². The second kappa shape index (κ2) is 4.50. The molecule has 1 aromatic carbocycles. The Morgan fingerprint density at radius 2 is 2.06 bits per heavy atom.